The standard InChI is InChI=1S/C12H26N2O/c1-9(2)14(10(3)4)8-6-11-12(15)5-7-13-11/h9-13,15H,5-8H2,1-4H3. The number of nitrogens with one attached hydrogen (secondary N) is 1. The molecule has 0 bridgehead atoms. The predicted molar refractivity (Wildman–Crippen MR) is 64.0 cm³/mol. The second kappa shape index (κ2) is 5.83. The first-order chi connectivity index (χ1) is 7.02. The van der Waals surface area contributed by atoms with E-state index >= 15 is 0 Å². The van der Waals surface area contributed by atoms with Gasteiger partial charge >= 0.3 is 0 Å². The van der Waals surface area contributed by atoms with Gasteiger partial charge in [0.2, 0.25) is 0 Å². The first-order valence-electron chi connectivity index (χ1n) is 6.19. The van der Waals surface area contributed by atoms with Crippen molar-refractivity contribution in [2.45, 2.75) is 64.8 Å². The van der Waals surface area contributed by atoms with Crippen LogP contribution in [0.3, 0.4) is 0 Å². The molecule has 1 aliphatic heterocycles. The fraction of sp³-hybridized carbons (Fsp3) is 1.00. The van der Waals surface area contributed by atoms with Gasteiger partial charge in [0.25, 0.3) is 0 Å². The van der Waals surface area contributed by atoms with Crippen LogP contribution in [0, 0.1) is 0 Å². The lowest BCUT2D eigenvalue weighted by Crippen LogP contribution is -2.41. The normalized spacial score (nSPS) is 27.2. The molecule has 1 saturated heterocycles. The van der Waals surface area contributed by atoms with Crippen molar-refractivity contribution in [3.8, 4) is 0 Å². The Labute approximate surface area is 93.9 Å². The zero-order valence-corrected chi connectivity index (χ0v) is 10.5. The summed E-state index contributed by atoms with van der Waals surface area (Å²) in [6.07, 6.45) is 1.83. The minimum atomic E-state index is -0.133. The van der Waals surface area contributed by atoms with Gasteiger partial charge in [-0.05, 0) is 47.1 Å². The average molecular weight is 214 g/mol. The number of hydrogen-bond donors (Lipinski definition) is 2. The molecule has 2 N–H and O–H groups in total. The topological polar surface area (TPSA) is 35.5 Å². The van der Waals surface area contributed by atoms with Crippen molar-refractivity contribution >= 4 is 0 Å². The Morgan fingerprint density at radius 3 is 2.27 bits per heavy atom. The third-order valence-corrected chi connectivity index (χ3v) is 3.34. The summed E-state index contributed by atoms with van der Waals surface area (Å²) in [4.78, 5) is 2.48. The molecule has 90 valence electrons. The van der Waals surface area contributed by atoms with E-state index in [1.807, 2.05) is 0 Å². The molecule has 0 aromatic carbocycles. The van der Waals surface area contributed by atoms with Gasteiger partial charge in [0.1, 0.15) is 0 Å². The largest absolute Gasteiger partial charge is 0.391 e. The number of nitrogens with zero attached hydrogens (tertiary/aromatic N) is 1. The van der Waals surface area contributed by atoms with Gasteiger partial charge in [-0.2, -0.15) is 0 Å². The summed E-state index contributed by atoms with van der Waals surface area (Å²) in [7, 11) is 0. The zero-order valence-electron chi connectivity index (χ0n) is 10.5. The van der Waals surface area contributed by atoms with E-state index in [4.69, 9.17) is 0 Å². The fourth-order valence-electron chi connectivity index (χ4n) is 2.45. The van der Waals surface area contributed by atoms with E-state index < -0.39 is 0 Å². The van der Waals surface area contributed by atoms with E-state index in [-0.39, 0.29) is 6.10 Å². The highest BCUT2D eigenvalue weighted by molar-refractivity contribution is 4.84. The van der Waals surface area contributed by atoms with Crippen molar-refractivity contribution in [1.29, 1.82) is 0 Å². The Bertz CT molecular complexity index is 174. The van der Waals surface area contributed by atoms with Crippen LogP contribution in [0.25, 0.3) is 0 Å². The van der Waals surface area contributed by atoms with Gasteiger partial charge in [-0.1, -0.05) is 0 Å². The number of aliphatic hydroxyl groups is 1. The lowest BCUT2D eigenvalue weighted by molar-refractivity contribution is 0.126. The predicted octanol–water partition coefficient (Wildman–Crippen LogP) is 1.22. The van der Waals surface area contributed by atoms with Gasteiger partial charge < -0.3 is 10.4 Å². The van der Waals surface area contributed by atoms with Crippen molar-refractivity contribution in [1.82, 2.24) is 10.2 Å². The summed E-state index contributed by atoms with van der Waals surface area (Å²) in [6.45, 7) is 11.0. The molecule has 3 heteroatoms. The Hall–Kier alpha value is -0.120. The van der Waals surface area contributed by atoms with E-state index in [2.05, 4.69) is 37.9 Å². The monoisotopic (exact) mass is 214 g/mol. The summed E-state index contributed by atoms with van der Waals surface area (Å²) in [5.41, 5.74) is 0. The molecule has 2 atom stereocenters. The van der Waals surface area contributed by atoms with Crippen molar-refractivity contribution in [2.24, 2.45) is 0 Å². The van der Waals surface area contributed by atoms with Crippen molar-refractivity contribution in [3.05, 3.63) is 0 Å². The molecule has 0 amide bonds. The van der Waals surface area contributed by atoms with E-state index in [0.717, 1.165) is 25.9 Å². The van der Waals surface area contributed by atoms with Gasteiger partial charge in [-0.15, -0.1) is 0 Å². The Morgan fingerprint density at radius 2 is 1.87 bits per heavy atom. The third-order valence-electron chi connectivity index (χ3n) is 3.34. The molecule has 2 unspecified atom stereocenters. The van der Waals surface area contributed by atoms with Gasteiger partial charge in [-0.3, -0.25) is 4.90 Å². The Kier molecular flexibility index (Phi) is 5.03. The summed E-state index contributed by atoms with van der Waals surface area (Å²) >= 11 is 0. The molecule has 1 heterocycles. The van der Waals surface area contributed by atoms with E-state index in [1.54, 1.807) is 0 Å². The van der Waals surface area contributed by atoms with Crippen molar-refractivity contribution < 1.29 is 5.11 Å². The van der Waals surface area contributed by atoms with Gasteiger partial charge in [0.05, 0.1) is 6.10 Å². The van der Waals surface area contributed by atoms with Crippen LogP contribution < -0.4 is 5.32 Å². The lowest BCUT2D eigenvalue weighted by Gasteiger charge is -2.31. The van der Waals surface area contributed by atoms with Gasteiger partial charge in [0, 0.05) is 24.7 Å². The highest BCUT2D eigenvalue weighted by Crippen LogP contribution is 2.13. The van der Waals surface area contributed by atoms with Crippen LogP contribution in [0.4, 0.5) is 0 Å². The SMILES string of the molecule is CC(C)N(CCC1NCCC1O)C(C)C. The van der Waals surface area contributed by atoms with E-state index in [1.165, 1.54) is 0 Å². The van der Waals surface area contributed by atoms with Crippen LogP contribution in [-0.4, -0.2) is 47.3 Å². The lowest BCUT2D eigenvalue weighted by atomic mass is 10.1. The molecule has 15 heavy (non-hydrogen) atoms. The second-order valence-corrected chi connectivity index (χ2v) is 5.13. The quantitative estimate of drug-likeness (QED) is 0.722. The van der Waals surface area contributed by atoms with Gasteiger partial charge in [-0.25, -0.2) is 0 Å². The van der Waals surface area contributed by atoms with Crippen LogP contribution >= 0.6 is 0 Å². The smallest absolute Gasteiger partial charge is 0.0705 e. The first-order valence-corrected chi connectivity index (χ1v) is 6.19. The number of aliphatic hydroxyl groups excluding tert-OH is 1. The molecule has 0 aromatic rings. The van der Waals surface area contributed by atoms with Gasteiger partial charge in [0.15, 0.2) is 0 Å². The van der Waals surface area contributed by atoms with Crippen molar-refractivity contribution in [3.63, 3.8) is 0 Å². The molecule has 0 radical (unpaired) electrons. The molecular formula is C12H26N2O. The maximum absolute atomic E-state index is 9.70. The summed E-state index contributed by atoms with van der Waals surface area (Å²) in [5.74, 6) is 0. The third kappa shape index (κ3) is 3.74. The summed E-state index contributed by atoms with van der Waals surface area (Å²) in [5, 5.41) is 13.1. The molecule has 0 aliphatic carbocycles. The zero-order chi connectivity index (χ0) is 11.4. The second-order valence-electron chi connectivity index (χ2n) is 5.13. The van der Waals surface area contributed by atoms with Crippen LogP contribution in [0.5, 0.6) is 0 Å². The maximum Gasteiger partial charge on any atom is 0.0705 e. The molecule has 0 saturated carbocycles. The van der Waals surface area contributed by atoms with Crippen LogP contribution in [-0.2, 0) is 0 Å². The highest BCUT2D eigenvalue weighted by atomic mass is 16.3. The summed E-state index contributed by atoms with van der Waals surface area (Å²) < 4.78 is 0. The molecule has 1 aliphatic rings. The Morgan fingerprint density at radius 1 is 1.27 bits per heavy atom. The molecule has 1 fully saturated rings. The molecular weight excluding hydrogens is 188 g/mol. The average Bonchev–Trinajstić information content (AvgIpc) is 2.51. The van der Waals surface area contributed by atoms with Crippen molar-refractivity contribution in [2.75, 3.05) is 13.1 Å². The van der Waals surface area contributed by atoms with E-state index in [9.17, 15) is 5.11 Å². The summed E-state index contributed by atoms with van der Waals surface area (Å²) in [6, 6.07) is 1.48. The number of hydrogen-bond acceptors (Lipinski definition) is 3. The highest BCUT2D eigenvalue weighted by Gasteiger charge is 2.25. The van der Waals surface area contributed by atoms with Crippen LogP contribution in [0.2, 0.25) is 0 Å². The Balaban J connectivity index is 2.33. The number of rotatable bonds is 5. The molecule has 0 spiro atoms. The first kappa shape index (κ1) is 12.9. The van der Waals surface area contributed by atoms with Crippen LogP contribution in [0.1, 0.15) is 40.5 Å². The molecule has 0 aromatic heterocycles. The van der Waals surface area contributed by atoms with E-state index in [0.29, 0.717) is 18.1 Å². The molecule has 1 rings (SSSR count). The minimum absolute atomic E-state index is 0.133. The molecule has 3 nitrogen and oxygen atoms in total. The van der Waals surface area contributed by atoms with Crippen LogP contribution in [0.15, 0.2) is 0 Å². The maximum atomic E-state index is 9.70. The minimum Gasteiger partial charge on any atom is -0.391 e. The fourth-order valence-corrected chi connectivity index (χ4v) is 2.45.